The molecule has 5 aromatic carbocycles. The number of nitrogens with zero attached hydrogens (tertiary/aromatic N) is 2. The molecule has 0 aliphatic heterocycles. The number of hydrogen-bond acceptors (Lipinski definition) is 5. The number of carbonyl (C=O) groups is 2. The fourth-order valence-electron chi connectivity index (χ4n) is 6.39. The minimum Gasteiger partial charge on any atom is -0.870 e. The van der Waals surface area contributed by atoms with Crippen molar-refractivity contribution in [3.05, 3.63) is 217 Å². The Labute approximate surface area is 405 Å². The summed E-state index contributed by atoms with van der Waals surface area (Å²) in [6, 6.07) is 62.5. The Balaban J connectivity index is 0.000000264. The molecule has 17 heteroatoms. The topological polar surface area (TPSA) is 83.0 Å². The average Bonchev–Trinajstić information content (AvgIpc) is 3.31. The van der Waals surface area contributed by atoms with Gasteiger partial charge in [0.1, 0.15) is 0 Å². The first-order valence-electron chi connectivity index (χ1n) is 20.0. The van der Waals surface area contributed by atoms with Crippen molar-refractivity contribution in [3.63, 3.8) is 0 Å². The van der Waals surface area contributed by atoms with Crippen LogP contribution >= 0.6 is 46.9 Å². The number of Topliss-reactive ketones (excluding diaryl/α,β-unsaturated/α-hetero) is 1. The van der Waals surface area contributed by atoms with E-state index in [0.717, 1.165) is 17.5 Å². The van der Waals surface area contributed by atoms with Gasteiger partial charge in [-0.3, -0.25) is 19.6 Å². The number of alkyl halides is 2. The Bertz CT molecular complexity index is 2330. The van der Waals surface area contributed by atoms with Gasteiger partial charge in [-0.1, -0.05) is 115 Å². The van der Waals surface area contributed by atoms with E-state index in [0.29, 0.717) is 5.56 Å². The predicted octanol–water partition coefficient (Wildman–Crippen LogP) is 12.8. The Morgan fingerprint density at radius 1 is 0.470 bits per heavy atom. The van der Waals surface area contributed by atoms with Crippen molar-refractivity contribution in [2.24, 2.45) is 0 Å². The number of hydrogen-bond donors (Lipinski definition) is 0. The minimum absolute atomic E-state index is 0. The van der Waals surface area contributed by atoms with Crippen LogP contribution in [0.2, 0.25) is 0 Å². The summed E-state index contributed by atoms with van der Waals surface area (Å²) in [5.41, 5.74) is 2.35. The van der Waals surface area contributed by atoms with Gasteiger partial charge in [0.2, 0.25) is 0 Å². The predicted molar refractivity (Wildman–Crippen MR) is 261 cm³/mol. The molecule has 0 fully saturated rings. The summed E-state index contributed by atoms with van der Waals surface area (Å²) >= 11 is 9.53. The second-order valence-corrected chi connectivity index (χ2v) is 21.8. The molecule has 1 aliphatic rings. The largest absolute Gasteiger partial charge is 2.00 e. The molecule has 0 unspecified atom stereocenters. The Hall–Kier alpha value is -4.65. The van der Waals surface area contributed by atoms with Crippen molar-refractivity contribution in [2.45, 2.75) is 12.8 Å². The molecule has 0 spiro atoms. The average molecular weight is 1090 g/mol. The molecule has 0 radical (unpaired) electrons. The van der Waals surface area contributed by atoms with Crippen molar-refractivity contribution in [2.75, 3.05) is 17.7 Å². The number of unbranched alkanes of at least 4 members (excludes halogenated alkanes) is 1. The van der Waals surface area contributed by atoms with Crippen LogP contribution in [0.15, 0.2) is 206 Å². The van der Waals surface area contributed by atoms with Crippen LogP contribution in [0.3, 0.4) is 0 Å². The van der Waals surface area contributed by atoms with E-state index in [9.17, 15) is 39.9 Å². The first-order chi connectivity index (χ1) is 30.9. The summed E-state index contributed by atoms with van der Waals surface area (Å²) in [7, 11) is -12.1. The molecule has 8 rings (SSSR count). The normalized spacial score (nSPS) is 12.5. The molecule has 346 valence electrons. The molecular formula is C49H45Cl2F6N2O3P3Ru+2. The van der Waals surface area contributed by atoms with Crippen LogP contribution in [0.5, 0.6) is 0 Å². The van der Waals surface area contributed by atoms with Crippen LogP contribution in [0.4, 0.5) is 25.2 Å². The number of aromatic nitrogens is 2. The van der Waals surface area contributed by atoms with Gasteiger partial charge in [0, 0.05) is 23.5 Å². The van der Waals surface area contributed by atoms with Gasteiger partial charge < -0.3 is 5.11 Å². The number of fused-ring (bicyclic) bond motifs is 1. The monoisotopic (exact) mass is 1090 g/mol. The zero-order valence-electron chi connectivity index (χ0n) is 35.0. The van der Waals surface area contributed by atoms with Gasteiger partial charge in [0.05, 0.1) is 66.1 Å². The number of allylic oxidation sites excluding steroid dienone is 2. The second kappa shape index (κ2) is 26.6. The number of carbonyl (C=O) groups excluding carboxylic acids is 2. The van der Waals surface area contributed by atoms with Crippen LogP contribution in [-0.4, -0.2) is 39.2 Å². The molecule has 5 nitrogen and oxygen atoms in total. The molecule has 0 atom stereocenters. The summed E-state index contributed by atoms with van der Waals surface area (Å²) in [5.74, 6) is -1.72. The van der Waals surface area contributed by atoms with Gasteiger partial charge in [0.15, 0.2) is 11.6 Å². The first-order valence-corrected chi connectivity index (χ1v) is 26.5. The van der Waals surface area contributed by atoms with Crippen LogP contribution in [0, 0.1) is 0 Å². The van der Waals surface area contributed by atoms with E-state index >= 15 is 0 Å². The van der Waals surface area contributed by atoms with Crippen LogP contribution in [-0.2, 0) is 19.5 Å². The molecule has 0 saturated heterocycles. The Morgan fingerprint density at radius 3 is 1.06 bits per heavy atom. The van der Waals surface area contributed by atoms with Crippen molar-refractivity contribution in [1.82, 2.24) is 9.97 Å². The third-order valence-corrected chi connectivity index (χ3v) is 14.9. The third-order valence-electron chi connectivity index (χ3n) is 9.11. The van der Waals surface area contributed by atoms with E-state index < -0.39 is 35.2 Å². The van der Waals surface area contributed by atoms with E-state index in [2.05, 4.69) is 131 Å². The maximum atomic E-state index is 11.2. The van der Waals surface area contributed by atoms with E-state index in [1.807, 2.05) is 36.4 Å². The summed E-state index contributed by atoms with van der Waals surface area (Å²) in [6.45, 7) is 0. The number of ketones is 2. The standard InChI is InChI=1S/C28H28P2.C10H8N2.C10H6O3.CH2Cl2.F6P.Ru/c1-5-15-25(16-6-1)29(26-17-7-2-8-18-26)23-13-14-24-30(27-19-9-3-10-20-27)28-21-11-4-12-22-28;1-3-7-11-9(5-1)10-6-2-4-8-12-10;11-8-5-9(12)10(13)7-4-2-1-3-6(7)8;2-1-3;1-7(2,3,4,5)6;/h1-12,15-22H,13-14,23-24H2;1-8H;1-5,12H;1H2;;/q;;;;-1;+2/p+1. The molecule has 66 heavy (non-hydrogen) atoms. The van der Waals surface area contributed by atoms with E-state index in [1.54, 1.807) is 30.6 Å². The molecule has 2 heterocycles. The van der Waals surface area contributed by atoms with Crippen LogP contribution in [0.1, 0.15) is 33.6 Å². The van der Waals surface area contributed by atoms with Crippen molar-refractivity contribution >= 4 is 79.6 Å². The van der Waals surface area contributed by atoms with Gasteiger partial charge in [-0.2, -0.15) is 0 Å². The Kier molecular flexibility index (Phi) is 22.5. The third kappa shape index (κ3) is 21.3. The molecule has 1 aliphatic carbocycles. The van der Waals surface area contributed by atoms with Crippen molar-refractivity contribution in [3.8, 4) is 11.4 Å². The molecular weight excluding hydrogens is 1040 g/mol. The molecule has 7 aromatic rings. The van der Waals surface area contributed by atoms with Crippen molar-refractivity contribution in [1.29, 1.82) is 0 Å². The molecule has 0 amide bonds. The van der Waals surface area contributed by atoms with Gasteiger partial charge in [-0.15, -0.1) is 23.2 Å². The fourth-order valence-corrected chi connectivity index (χ4v) is 11.8. The molecule has 0 N–H and O–H groups in total. The zero-order chi connectivity index (χ0) is 47.2. The van der Waals surface area contributed by atoms with Crippen LogP contribution < -0.4 is 26.3 Å². The first kappa shape index (κ1) is 55.7. The SMILES string of the molecule is ClCCl.F[P-](F)(F)(F)(F)F.O=C1C=C([O-])C(=O)c2ccccc21.[Ru+2].c1ccc(-c2ccccn2)nc1.c1ccc([PH+](CCCC[PH+](c2ccccc2)c2ccccc2)c2ccccc2)cc1. The van der Waals surface area contributed by atoms with Crippen molar-refractivity contribution < 1.29 is 59.4 Å². The molecule has 0 saturated carbocycles. The van der Waals surface area contributed by atoms with E-state index in [-0.39, 0.29) is 36.2 Å². The second-order valence-electron chi connectivity index (χ2n) is 13.9. The quantitative estimate of drug-likeness (QED) is 0.0448. The minimum atomic E-state index is -10.7. The molecule has 2 aromatic heterocycles. The zero-order valence-corrected chi connectivity index (χ0v) is 41.2. The summed E-state index contributed by atoms with van der Waals surface area (Å²) in [4.78, 5) is 30.8. The number of benzene rings is 5. The smallest absolute Gasteiger partial charge is 0.870 e. The molecule has 0 bridgehead atoms. The van der Waals surface area contributed by atoms with Gasteiger partial charge >= 0.3 is 52.5 Å². The fraction of sp³-hybridized carbons (Fsp3) is 0.102. The maximum Gasteiger partial charge on any atom is 2.00 e. The van der Waals surface area contributed by atoms with Gasteiger partial charge in [0.25, 0.3) is 0 Å². The maximum absolute atomic E-state index is 11.2. The van der Waals surface area contributed by atoms with Gasteiger partial charge in [-0.25, -0.2) is 0 Å². The van der Waals surface area contributed by atoms with Gasteiger partial charge in [-0.05, 0) is 91.7 Å². The number of rotatable bonds is 10. The van der Waals surface area contributed by atoms with E-state index in [1.165, 1.54) is 52.4 Å². The summed E-state index contributed by atoms with van der Waals surface area (Å²) in [5, 5.41) is 17.3. The van der Waals surface area contributed by atoms with Crippen LogP contribution in [0.25, 0.3) is 11.4 Å². The summed E-state index contributed by atoms with van der Waals surface area (Å²) in [6.07, 6.45) is 9.57. The Morgan fingerprint density at radius 2 is 0.758 bits per heavy atom. The number of halogens is 8. The number of pyridine rings is 2. The van der Waals surface area contributed by atoms with E-state index in [4.69, 9.17) is 23.2 Å². The summed E-state index contributed by atoms with van der Waals surface area (Å²) < 4.78 is 59.2.